The summed E-state index contributed by atoms with van der Waals surface area (Å²) in [5.41, 5.74) is 2.03. The fourth-order valence-electron chi connectivity index (χ4n) is 3.13. The van der Waals surface area contributed by atoms with Crippen molar-refractivity contribution in [3.8, 4) is 11.5 Å². The predicted molar refractivity (Wildman–Crippen MR) is 98.4 cm³/mol. The molecule has 2 aromatic carbocycles. The molecule has 0 saturated heterocycles. The fourth-order valence-corrected chi connectivity index (χ4v) is 3.41. The van der Waals surface area contributed by atoms with Crippen molar-refractivity contribution in [1.82, 2.24) is 5.32 Å². The van der Waals surface area contributed by atoms with Crippen LogP contribution in [0.5, 0.6) is 11.5 Å². The van der Waals surface area contributed by atoms with Crippen LogP contribution in [0.25, 0.3) is 0 Å². The Morgan fingerprint density at radius 1 is 1.16 bits per heavy atom. The third kappa shape index (κ3) is 3.74. The van der Waals surface area contributed by atoms with Crippen molar-refractivity contribution in [3.05, 3.63) is 58.6 Å². The van der Waals surface area contributed by atoms with E-state index < -0.39 is 0 Å². The zero-order chi connectivity index (χ0) is 18.0. The van der Waals surface area contributed by atoms with Gasteiger partial charge in [0.1, 0.15) is 0 Å². The largest absolute Gasteiger partial charge is 0.493 e. The number of carbonyl (C=O) groups excluding carboxylic acids is 1. The first-order chi connectivity index (χ1) is 12.0. The Kier molecular flexibility index (Phi) is 5.19. The molecule has 0 spiro atoms. The van der Waals surface area contributed by atoms with Crippen LogP contribution in [0.2, 0.25) is 5.02 Å². The highest BCUT2D eigenvalue weighted by Crippen LogP contribution is 2.49. The molecule has 1 amide bonds. The average Bonchev–Trinajstić information content (AvgIpc) is 3.42. The number of ether oxygens (including phenoxy) is 2. The summed E-state index contributed by atoms with van der Waals surface area (Å²) in [4.78, 5) is 12.6. The highest BCUT2D eigenvalue weighted by Gasteiger charge is 2.45. The molecule has 1 aliphatic rings. The SMILES string of the molecule is COc1ccc(C(C)NC(=O)C2CC2c2ccccc2Cl)cc1OC. The number of nitrogens with one attached hydrogen (secondary N) is 1. The minimum absolute atomic E-state index is 0.0116. The number of rotatable bonds is 6. The molecule has 3 atom stereocenters. The summed E-state index contributed by atoms with van der Waals surface area (Å²) in [7, 11) is 3.20. The van der Waals surface area contributed by atoms with Crippen molar-refractivity contribution in [1.29, 1.82) is 0 Å². The van der Waals surface area contributed by atoms with E-state index >= 15 is 0 Å². The van der Waals surface area contributed by atoms with Gasteiger partial charge in [0.25, 0.3) is 0 Å². The summed E-state index contributed by atoms with van der Waals surface area (Å²) in [6.45, 7) is 1.96. The lowest BCUT2D eigenvalue weighted by atomic mass is 10.1. The van der Waals surface area contributed by atoms with Gasteiger partial charge >= 0.3 is 0 Å². The van der Waals surface area contributed by atoms with E-state index in [1.807, 2.05) is 49.4 Å². The third-order valence-corrected chi connectivity index (χ3v) is 5.04. The highest BCUT2D eigenvalue weighted by atomic mass is 35.5. The van der Waals surface area contributed by atoms with Crippen molar-refractivity contribution in [3.63, 3.8) is 0 Å². The van der Waals surface area contributed by atoms with Crippen LogP contribution >= 0.6 is 11.6 Å². The molecule has 0 bridgehead atoms. The molecule has 0 aliphatic heterocycles. The van der Waals surface area contributed by atoms with E-state index in [1.54, 1.807) is 14.2 Å². The van der Waals surface area contributed by atoms with Gasteiger partial charge in [-0.15, -0.1) is 0 Å². The van der Waals surface area contributed by atoms with Crippen LogP contribution in [0.3, 0.4) is 0 Å². The molecule has 1 aliphatic carbocycles. The number of benzene rings is 2. The highest BCUT2D eigenvalue weighted by molar-refractivity contribution is 6.31. The first-order valence-corrected chi connectivity index (χ1v) is 8.69. The van der Waals surface area contributed by atoms with Crippen LogP contribution in [0.4, 0.5) is 0 Å². The standard InChI is InChI=1S/C20H22ClNO3/c1-12(13-8-9-18(24-2)19(10-13)25-3)22-20(23)16-11-15(16)14-6-4-5-7-17(14)21/h4-10,12,15-16H,11H2,1-3H3,(H,22,23). The van der Waals surface area contributed by atoms with Crippen LogP contribution < -0.4 is 14.8 Å². The van der Waals surface area contributed by atoms with E-state index in [0.717, 1.165) is 22.6 Å². The molecule has 3 unspecified atom stereocenters. The molecule has 25 heavy (non-hydrogen) atoms. The predicted octanol–water partition coefficient (Wildman–Crippen LogP) is 4.34. The average molecular weight is 360 g/mol. The minimum Gasteiger partial charge on any atom is -0.493 e. The molecule has 0 heterocycles. The number of hydrogen-bond donors (Lipinski definition) is 1. The fraction of sp³-hybridized carbons (Fsp3) is 0.350. The summed E-state index contributed by atoms with van der Waals surface area (Å²) < 4.78 is 10.6. The molecule has 3 rings (SSSR count). The maximum atomic E-state index is 12.6. The monoisotopic (exact) mass is 359 g/mol. The van der Waals surface area contributed by atoms with Crippen molar-refractivity contribution in [2.24, 2.45) is 5.92 Å². The van der Waals surface area contributed by atoms with Gasteiger partial charge in [0, 0.05) is 10.9 Å². The van der Waals surface area contributed by atoms with Gasteiger partial charge in [-0.3, -0.25) is 4.79 Å². The van der Waals surface area contributed by atoms with Gasteiger partial charge in [-0.2, -0.15) is 0 Å². The smallest absolute Gasteiger partial charge is 0.224 e. The molecule has 132 valence electrons. The maximum absolute atomic E-state index is 12.6. The molecule has 0 radical (unpaired) electrons. The van der Waals surface area contributed by atoms with Crippen molar-refractivity contribution < 1.29 is 14.3 Å². The Morgan fingerprint density at radius 2 is 1.88 bits per heavy atom. The second-order valence-electron chi connectivity index (χ2n) is 6.31. The molecule has 1 N–H and O–H groups in total. The lowest BCUT2D eigenvalue weighted by molar-refractivity contribution is -0.123. The van der Waals surface area contributed by atoms with Gasteiger partial charge < -0.3 is 14.8 Å². The van der Waals surface area contributed by atoms with Crippen LogP contribution in [0.15, 0.2) is 42.5 Å². The third-order valence-electron chi connectivity index (χ3n) is 4.70. The molecule has 0 aromatic heterocycles. The van der Waals surface area contributed by atoms with Crippen LogP contribution in [-0.2, 0) is 4.79 Å². The summed E-state index contributed by atoms with van der Waals surface area (Å²) in [6, 6.07) is 13.3. The Balaban J connectivity index is 1.65. The number of methoxy groups -OCH3 is 2. The van der Waals surface area contributed by atoms with Crippen molar-refractivity contribution in [2.75, 3.05) is 14.2 Å². The molecule has 1 fully saturated rings. The lowest BCUT2D eigenvalue weighted by Crippen LogP contribution is -2.28. The number of halogens is 1. The maximum Gasteiger partial charge on any atom is 0.224 e. The van der Waals surface area contributed by atoms with E-state index in [1.165, 1.54) is 0 Å². The zero-order valence-corrected chi connectivity index (χ0v) is 15.3. The van der Waals surface area contributed by atoms with Gasteiger partial charge in [-0.25, -0.2) is 0 Å². The van der Waals surface area contributed by atoms with Gasteiger partial charge in [-0.1, -0.05) is 35.9 Å². The second-order valence-corrected chi connectivity index (χ2v) is 6.72. The van der Waals surface area contributed by atoms with Crippen LogP contribution in [-0.4, -0.2) is 20.1 Å². The Hall–Kier alpha value is -2.20. The van der Waals surface area contributed by atoms with E-state index in [-0.39, 0.29) is 23.8 Å². The minimum atomic E-state index is -0.111. The molecule has 4 nitrogen and oxygen atoms in total. The van der Waals surface area contributed by atoms with Gasteiger partial charge in [0.15, 0.2) is 11.5 Å². The molecular formula is C20H22ClNO3. The lowest BCUT2D eigenvalue weighted by Gasteiger charge is -2.16. The Labute approximate surface area is 153 Å². The summed E-state index contributed by atoms with van der Waals surface area (Å²) in [6.07, 6.45) is 0.841. The van der Waals surface area contributed by atoms with Crippen LogP contribution in [0, 0.1) is 5.92 Å². The first-order valence-electron chi connectivity index (χ1n) is 8.32. The normalized spacial score (nSPS) is 19.8. The summed E-state index contributed by atoms with van der Waals surface area (Å²) >= 11 is 6.24. The molecule has 2 aromatic rings. The number of amides is 1. The Bertz CT molecular complexity index is 777. The topological polar surface area (TPSA) is 47.6 Å². The second kappa shape index (κ2) is 7.36. The summed E-state index contributed by atoms with van der Waals surface area (Å²) in [5, 5.41) is 3.82. The Morgan fingerprint density at radius 3 is 2.56 bits per heavy atom. The van der Waals surface area contributed by atoms with Crippen LogP contribution in [0.1, 0.15) is 36.4 Å². The molecule has 5 heteroatoms. The van der Waals surface area contributed by atoms with E-state index in [2.05, 4.69) is 5.32 Å². The summed E-state index contributed by atoms with van der Waals surface area (Å²) in [5.74, 6) is 1.59. The quantitative estimate of drug-likeness (QED) is 0.834. The van der Waals surface area contributed by atoms with E-state index in [0.29, 0.717) is 11.5 Å². The van der Waals surface area contributed by atoms with Gasteiger partial charge in [0.05, 0.1) is 20.3 Å². The van der Waals surface area contributed by atoms with E-state index in [9.17, 15) is 4.79 Å². The van der Waals surface area contributed by atoms with Gasteiger partial charge in [-0.05, 0) is 48.6 Å². The van der Waals surface area contributed by atoms with E-state index in [4.69, 9.17) is 21.1 Å². The van der Waals surface area contributed by atoms with Crippen molar-refractivity contribution >= 4 is 17.5 Å². The molecular weight excluding hydrogens is 338 g/mol. The van der Waals surface area contributed by atoms with Gasteiger partial charge in [0.2, 0.25) is 5.91 Å². The number of hydrogen-bond acceptors (Lipinski definition) is 3. The first kappa shape index (κ1) is 17.6. The zero-order valence-electron chi connectivity index (χ0n) is 14.6. The van der Waals surface area contributed by atoms with Crippen molar-refractivity contribution in [2.45, 2.75) is 25.3 Å². The molecule has 1 saturated carbocycles. The number of carbonyl (C=O) groups is 1.